The fourth-order valence-electron chi connectivity index (χ4n) is 2.85. The van der Waals surface area contributed by atoms with Crippen LogP contribution < -0.4 is 14.4 Å². The topological polar surface area (TPSA) is 54.9 Å². The standard InChI is InChI=1S/C22H24ClN3O3S/c1-25(2)13-14-26(19(27)12-9-15-7-5-6-8-16(15)23)22-24-20-17(28-3)10-11-18(29-4)21(20)30-22/h5-12H,13-14H2,1-4H3. The van der Waals surface area contributed by atoms with Crippen molar-refractivity contribution in [3.63, 3.8) is 0 Å². The lowest BCUT2D eigenvalue weighted by atomic mass is 10.2. The average Bonchev–Trinajstić information content (AvgIpc) is 3.17. The summed E-state index contributed by atoms with van der Waals surface area (Å²) in [7, 11) is 7.14. The van der Waals surface area contributed by atoms with Gasteiger partial charge in [0.25, 0.3) is 5.91 Å². The summed E-state index contributed by atoms with van der Waals surface area (Å²) >= 11 is 7.61. The van der Waals surface area contributed by atoms with Crippen LogP contribution in [0, 0.1) is 0 Å². The third kappa shape index (κ3) is 4.92. The number of amides is 1. The molecule has 0 saturated heterocycles. The third-order valence-corrected chi connectivity index (χ3v) is 5.91. The van der Waals surface area contributed by atoms with Crippen molar-refractivity contribution in [2.24, 2.45) is 0 Å². The van der Waals surface area contributed by atoms with E-state index in [0.717, 1.165) is 10.3 Å². The number of likely N-dealkylation sites (N-methyl/N-ethyl adjacent to an activating group) is 1. The number of ether oxygens (including phenoxy) is 2. The Kier molecular flexibility index (Phi) is 7.31. The molecule has 0 atom stereocenters. The van der Waals surface area contributed by atoms with Crippen LogP contribution in [0.2, 0.25) is 5.02 Å². The molecule has 3 aromatic rings. The van der Waals surface area contributed by atoms with Crippen LogP contribution in [0.1, 0.15) is 5.56 Å². The molecule has 0 radical (unpaired) electrons. The predicted molar refractivity (Wildman–Crippen MR) is 124 cm³/mol. The molecule has 0 bridgehead atoms. The van der Waals surface area contributed by atoms with Crippen LogP contribution in [0.5, 0.6) is 11.5 Å². The first-order valence-electron chi connectivity index (χ1n) is 9.35. The number of fused-ring (bicyclic) bond motifs is 1. The number of carbonyl (C=O) groups is 1. The summed E-state index contributed by atoms with van der Waals surface area (Å²) in [5.41, 5.74) is 1.46. The van der Waals surface area contributed by atoms with Crippen molar-refractivity contribution in [2.45, 2.75) is 0 Å². The lowest BCUT2D eigenvalue weighted by molar-refractivity contribution is -0.114. The van der Waals surface area contributed by atoms with E-state index in [-0.39, 0.29) is 5.91 Å². The molecule has 158 valence electrons. The number of halogens is 1. The molecule has 0 spiro atoms. The maximum atomic E-state index is 13.1. The zero-order chi connectivity index (χ0) is 21.7. The molecule has 3 rings (SSSR count). The summed E-state index contributed by atoms with van der Waals surface area (Å²) in [6.45, 7) is 1.18. The van der Waals surface area contributed by atoms with Gasteiger partial charge in [-0.3, -0.25) is 9.69 Å². The summed E-state index contributed by atoms with van der Waals surface area (Å²) in [5, 5.41) is 1.18. The lowest BCUT2D eigenvalue weighted by Crippen LogP contribution is -2.35. The molecular formula is C22H24ClN3O3S. The van der Waals surface area contributed by atoms with Crippen LogP contribution in [0.15, 0.2) is 42.5 Å². The van der Waals surface area contributed by atoms with Gasteiger partial charge in [0.2, 0.25) is 0 Å². The Morgan fingerprint density at radius 3 is 2.47 bits per heavy atom. The second-order valence-electron chi connectivity index (χ2n) is 6.79. The number of methoxy groups -OCH3 is 2. The van der Waals surface area contributed by atoms with Gasteiger partial charge in [0.05, 0.1) is 14.2 Å². The highest BCUT2D eigenvalue weighted by atomic mass is 35.5. The Morgan fingerprint density at radius 2 is 1.80 bits per heavy atom. The predicted octanol–water partition coefficient (Wildman–Crippen LogP) is 4.57. The van der Waals surface area contributed by atoms with E-state index in [9.17, 15) is 4.79 Å². The minimum absolute atomic E-state index is 0.172. The monoisotopic (exact) mass is 445 g/mol. The first-order chi connectivity index (χ1) is 14.4. The molecule has 0 unspecified atom stereocenters. The number of thiazole rings is 1. The molecule has 1 amide bonds. The number of hydrogen-bond donors (Lipinski definition) is 0. The van der Waals surface area contributed by atoms with E-state index in [0.29, 0.717) is 40.3 Å². The number of anilines is 1. The Bertz CT molecular complexity index is 1020. The van der Waals surface area contributed by atoms with Gasteiger partial charge in [0.15, 0.2) is 5.13 Å². The van der Waals surface area contributed by atoms with E-state index < -0.39 is 0 Å². The molecule has 1 aromatic heterocycles. The van der Waals surface area contributed by atoms with E-state index in [4.69, 9.17) is 26.1 Å². The summed E-state index contributed by atoms with van der Waals surface area (Å²) in [5.74, 6) is 1.16. The van der Waals surface area contributed by atoms with Crippen molar-refractivity contribution in [2.75, 3.05) is 46.3 Å². The minimum atomic E-state index is -0.172. The second kappa shape index (κ2) is 9.93. The third-order valence-electron chi connectivity index (χ3n) is 4.48. The molecule has 0 aliphatic rings. The fourth-order valence-corrected chi connectivity index (χ4v) is 4.16. The highest BCUT2D eigenvalue weighted by molar-refractivity contribution is 7.22. The number of hydrogen-bond acceptors (Lipinski definition) is 6. The lowest BCUT2D eigenvalue weighted by Gasteiger charge is -2.20. The first kappa shape index (κ1) is 22.1. The number of aromatic nitrogens is 1. The maximum Gasteiger partial charge on any atom is 0.252 e. The molecule has 1 heterocycles. The average molecular weight is 446 g/mol. The van der Waals surface area contributed by atoms with Crippen molar-refractivity contribution in [1.29, 1.82) is 0 Å². The Hall–Kier alpha value is -2.61. The molecule has 0 N–H and O–H groups in total. The van der Waals surface area contributed by atoms with E-state index in [1.807, 2.05) is 49.3 Å². The summed E-state index contributed by atoms with van der Waals surface area (Å²) in [6, 6.07) is 11.0. The van der Waals surface area contributed by atoms with Crippen molar-refractivity contribution < 1.29 is 14.3 Å². The molecule has 30 heavy (non-hydrogen) atoms. The maximum absolute atomic E-state index is 13.1. The summed E-state index contributed by atoms with van der Waals surface area (Å²) in [6.07, 6.45) is 3.25. The normalized spacial score (nSPS) is 11.4. The Morgan fingerprint density at radius 1 is 1.10 bits per heavy atom. The Balaban J connectivity index is 1.99. The largest absolute Gasteiger partial charge is 0.495 e. The van der Waals surface area contributed by atoms with Gasteiger partial charge < -0.3 is 14.4 Å². The van der Waals surface area contributed by atoms with Gasteiger partial charge in [-0.25, -0.2) is 4.98 Å². The van der Waals surface area contributed by atoms with Gasteiger partial charge in [-0.1, -0.05) is 41.1 Å². The van der Waals surface area contributed by atoms with Gasteiger partial charge in [-0.2, -0.15) is 0 Å². The highest BCUT2D eigenvalue weighted by Gasteiger charge is 2.21. The quantitative estimate of drug-likeness (QED) is 0.475. The smallest absolute Gasteiger partial charge is 0.252 e. The molecule has 0 aliphatic carbocycles. The molecule has 0 fully saturated rings. The van der Waals surface area contributed by atoms with Crippen LogP contribution in [-0.4, -0.2) is 57.2 Å². The van der Waals surface area contributed by atoms with E-state index in [1.54, 1.807) is 31.3 Å². The van der Waals surface area contributed by atoms with Crippen molar-refractivity contribution >= 4 is 50.3 Å². The van der Waals surface area contributed by atoms with Gasteiger partial charge in [0.1, 0.15) is 21.7 Å². The fraction of sp³-hybridized carbons (Fsp3) is 0.273. The number of nitrogens with zero attached hydrogens (tertiary/aromatic N) is 3. The highest BCUT2D eigenvalue weighted by Crippen LogP contribution is 2.40. The second-order valence-corrected chi connectivity index (χ2v) is 8.18. The number of rotatable bonds is 8. The molecule has 8 heteroatoms. The molecule has 2 aromatic carbocycles. The summed E-state index contributed by atoms with van der Waals surface area (Å²) in [4.78, 5) is 21.5. The molecular weight excluding hydrogens is 422 g/mol. The number of carbonyl (C=O) groups excluding carboxylic acids is 1. The summed E-state index contributed by atoms with van der Waals surface area (Å²) < 4.78 is 11.8. The zero-order valence-corrected chi connectivity index (χ0v) is 19.0. The molecule has 0 aliphatic heterocycles. The van der Waals surface area contributed by atoms with E-state index in [2.05, 4.69) is 0 Å². The minimum Gasteiger partial charge on any atom is -0.495 e. The SMILES string of the molecule is COc1ccc(OC)c2sc(N(CCN(C)C)C(=O)C=Cc3ccccc3Cl)nc12. The van der Waals surface area contributed by atoms with Gasteiger partial charge in [-0.15, -0.1) is 0 Å². The van der Waals surface area contributed by atoms with Crippen molar-refractivity contribution in [3.8, 4) is 11.5 Å². The van der Waals surface area contributed by atoms with E-state index >= 15 is 0 Å². The van der Waals surface area contributed by atoms with Crippen LogP contribution in [0.25, 0.3) is 16.3 Å². The van der Waals surface area contributed by atoms with E-state index in [1.165, 1.54) is 17.4 Å². The number of benzene rings is 2. The van der Waals surface area contributed by atoms with Gasteiger partial charge in [0, 0.05) is 24.2 Å². The van der Waals surface area contributed by atoms with Gasteiger partial charge >= 0.3 is 0 Å². The zero-order valence-electron chi connectivity index (χ0n) is 17.4. The van der Waals surface area contributed by atoms with Crippen LogP contribution in [0.4, 0.5) is 5.13 Å². The van der Waals surface area contributed by atoms with Crippen LogP contribution in [0.3, 0.4) is 0 Å². The van der Waals surface area contributed by atoms with Crippen molar-refractivity contribution in [3.05, 3.63) is 53.1 Å². The van der Waals surface area contributed by atoms with Gasteiger partial charge in [-0.05, 0) is 43.9 Å². The molecule has 0 saturated carbocycles. The van der Waals surface area contributed by atoms with Crippen molar-refractivity contribution in [1.82, 2.24) is 9.88 Å². The Labute approximate surface area is 185 Å². The first-order valence-corrected chi connectivity index (χ1v) is 10.5. The van der Waals surface area contributed by atoms with Crippen LogP contribution >= 0.6 is 22.9 Å². The molecule has 6 nitrogen and oxygen atoms in total. The van der Waals surface area contributed by atoms with Crippen LogP contribution in [-0.2, 0) is 4.79 Å².